The molecule has 0 N–H and O–H groups in total. The standard InChI is InChI=1S/C13H8BrNO2/c14-10-3-1-2-8(4-10)9-5-11-12(15-6-9)7-17-13(11)16/h1-6H,7H2. The van der Waals surface area contributed by atoms with Gasteiger partial charge in [0.2, 0.25) is 0 Å². The van der Waals surface area contributed by atoms with E-state index in [1.54, 1.807) is 6.20 Å². The van der Waals surface area contributed by atoms with Crippen molar-refractivity contribution in [2.75, 3.05) is 0 Å². The van der Waals surface area contributed by atoms with Crippen LogP contribution >= 0.6 is 15.9 Å². The van der Waals surface area contributed by atoms with Gasteiger partial charge in [-0.1, -0.05) is 28.1 Å². The molecule has 0 fully saturated rings. The van der Waals surface area contributed by atoms with Crippen molar-refractivity contribution in [2.24, 2.45) is 0 Å². The van der Waals surface area contributed by atoms with Gasteiger partial charge < -0.3 is 4.74 Å². The highest BCUT2D eigenvalue weighted by Crippen LogP contribution is 2.26. The number of fused-ring (bicyclic) bond motifs is 1. The average molecular weight is 290 g/mol. The van der Waals surface area contributed by atoms with E-state index in [0.29, 0.717) is 11.3 Å². The third kappa shape index (κ3) is 1.85. The summed E-state index contributed by atoms with van der Waals surface area (Å²) in [4.78, 5) is 15.7. The first-order chi connectivity index (χ1) is 8.24. The molecule has 3 rings (SSSR count). The molecule has 0 saturated carbocycles. The van der Waals surface area contributed by atoms with Crippen LogP contribution in [0, 0.1) is 0 Å². The van der Waals surface area contributed by atoms with Crippen LogP contribution < -0.4 is 0 Å². The van der Waals surface area contributed by atoms with Crippen molar-refractivity contribution in [3.63, 3.8) is 0 Å². The number of esters is 1. The molecule has 17 heavy (non-hydrogen) atoms. The second-order valence-corrected chi connectivity index (χ2v) is 4.72. The van der Waals surface area contributed by atoms with E-state index in [2.05, 4.69) is 20.9 Å². The number of nitrogens with zero attached hydrogens (tertiary/aromatic N) is 1. The number of rotatable bonds is 1. The zero-order valence-electron chi connectivity index (χ0n) is 8.81. The molecular weight excluding hydrogens is 282 g/mol. The molecule has 0 radical (unpaired) electrons. The maximum atomic E-state index is 11.4. The van der Waals surface area contributed by atoms with Crippen LogP contribution in [0.1, 0.15) is 16.1 Å². The molecule has 1 aromatic heterocycles. The SMILES string of the molecule is O=C1OCc2ncc(-c3cccc(Br)c3)cc21. The van der Waals surface area contributed by atoms with Crippen molar-refractivity contribution >= 4 is 21.9 Å². The lowest BCUT2D eigenvalue weighted by atomic mass is 10.1. The highest BCUT2D eigenvalue weighted by Gasteiger charge is 2.22. The Bertz CT molecular complexity index is 610. The lowest BCUT2D eigenvalue weighted by molar-refractivity contribution is 0.0533. The molecule has 0 spiro atoms. The molecule has 1 aliphatic heterocycles. The minimum Gasteiger partial charge on any atom is -0.456 e. The van der Waals surface area contributed by atoms with E-state index < -0.39 is 0 Å². The third-order valence-electron chi connectivity index (χ3n) is 2.69. The number of ether oxygens (including phenoxy) is 1. The zero-order valence-corrected chi connectivity index (χ0v) is 10.4. The molecule has 0 atom stereocenters. The Balaban J connectivity index is 2.11. The first-order valence-electron chi connectivity index (χ1n) is 5.16. The quantitative estimate of drug-likeness (QED) is 0.757. The van der Waals surface area contributed by atoms with Crippen molar-refractivity contribution in [1.29, 1.82) is 0 Å². The lowest BCUT2D eigenvalue weighted by Gasteiger charge is -2.03. The summed E-state index contributed by atoms with van der Waals surface area (Å²) in [5, 5.41) is 0. The monoisotopic (exact) mass is 289 g/mol. The minimum atomic E-state index is -0.288. The van der Waals surface area contributed by atoms with Gasteiger partial charge in [0.15, 0.2) is 0 Å². The van der Waals surface area contributed by atoms with Gasteiger partial charge in [0, 0.05) is 16.2 Å². The Morgan fingerprint density at radius 2 is 2.12 bits per heavy atom. The van der Waals surface area contributed by atoms with E-state index in [1.165, 1.54) is 0 Å². The Morgan fingerprint density at radius 3 is 2.94 bits per heavy atom. The summed E-state index contributed by atoms with van der Waals surface area (Å²) in [5.74, 6) is -0.288. The van der Waals surface area contributed by atoms with Gasteiger partial charge in [-0.05, 0) is 23.8 Å². The van der Waals surface area contributed by atoms with Gasteiger partial charge in [-0.2, -0.15) is 0 Å². The largest absolute Gasteiger partial charge is 0.456 e. The molecule has 0 unspecified atom stereocenters. The molecule has 0 aliphatic carbocycles. The van der Waals surface area contributed by atoms with E-state index in [4.69, 9.17) is 4.74 Å². The zero-order chi connectivity index (χ0) is 11.8. The summed E-state index contributed by atoms with van der Waals surface area (Å²) in [7, 11) is 0. The topological polar surface area (TPSA) is 39.2 Å². The van der Waals surface area contributed by atoms with Crippen LogP contribution in [0.4, 0.5) is 0 Å². The van der Waals surface area contributed by atoms with E-state index in [0.717, 1.165) is 15.6 Å². The van der Waals surface area contributed by atoms with E-state index >= 15 is 0 Å². The normalized spacial score (nSPS) is 13.4. The first kappa shape index (κ1) is 10.5. The average Bonchev–Trinajstić information content (AvgIpc) is 2.71. The summed E-state index contributed by atoms with van der Waals surface area (Å²) in [6.07, 6.45) is 1.77. The van der Waals surface area contributed by atoms with Crippen LogP contribution in [0.3, 0.4) is 0 Å². The fourth-order valence-corrected chi connectivity index (χ4v) is 2.22. The molecule has 1 aliphatic rings. The number of carbonyl (C=O) groups is 1. The summed E-state index contributed by atoms with van der Waals surface area (Å²) >= 11 is 3.42. The summed E-state index contributed by atoms with van der Waals surface area (Å²) in [6, 6.07) is 9.71. The molecule has 0 bridgehead atoms. The molecule has 3 nitrogen and oxygen atoms in total. The second-order valence-electron chi connectivity index (χ2n) is 3.80. The summed E-state index contributed by atoms with van der Waals surface area (Å²) < 4.78 is 5.93. The number of aromatic nitrogens is 1. The predicted molar refractivity (Wildman–Crippen MR) is 66.5 cm³/mol. The number of halogens is 1. The fraction of sp³-hybridized carbons (Fsp3) is 0.0769. The molecule has 0 saturated heterocycles. The van der Waals surface area contributed by atoms with Gasteiger partial charge in [-0.25, -0.2) is 4.79 Å². The van der Waals surface area contributed by atoms with Crippen LogP contribution in [0.2, 0.25) is 0 Å². The maximum absolute atomic E-state index is 11.4. The highest BCUT2D eigenvalue weighted by molar-refractivity contribution is 9.10. The number of pyridine rings is 1. The number of hydrogen-bond acceptors (Lipinski definition) is 3. The van der Waals surface area contributed by atoms with Crippen LogP contribution in [0.25, 0.3) is 11.1 Å². The van der Waals surface area contributed by atoms with E-state index in [9.17, 15) is 4.79 Å². The highest BCUT2D eigenvalue weighted by atomic mass is 79.9. The molecule has 84 valence electrons. The van der Waals surface area contributed by atoms with Crippen molar-refractivity contribution in [3.8, 4) is 11.1 Å². The van der Waals surface area contributed by atoms with Crippen molar-refractivity contribution in [3.05, 3.63) is 52.3 Å². The predicted octanol–water partition coefficient (Wildman–Crippen LogP) is 3.18. The smallest absolute Gasteiger partial charge is 0.340 e. The molecule has 1 aromatic carbocycles. The summed E-state index contributed by atoms with van der Waals surface area (Å²) in [5.41, 5.74) is 3.23. The first-order valence-corrected chi connectivity index (χ1v) is 5.95. The van der Waals surface area contributed by atoms with E-state index in [-0.39, 0.29) is 12.6 Å². The van der Waals surface area contributed by atoms with Crippen LogP contribution in [-0.4, -0.2) is 11.0 Å². The second kappa shape index (κ2) is 3.96. The van der Waals surface area contributed by atoms with E-state index in [1.807, 2.05) is 30.3 Å². The van der Waals surface area contributed by atoms with Crippen molar-refractivity contribution in [1.82, 2.24) is 4.98 Å². The summed E-state index contributed by atoms with van der Waals surface area (Å²) in [6.45, 7) is 0.285. The molecular formula is C13H8BrNO2. The number of benzene rings is 1. The van der Waals surface area contributed by atoms with Crippen LogP contribution in [0.15, 0.2) is 41.0 Å². The van der Waals surface area contributed by atoms with Crippen molar-refractivity contribution in [2.45, 2.75) is 6.61 Å². The van der Waals surface area contributed by atoms with Crippen molar-refractivity contribution < 1.29 is 9.53 Å². The fourth-order valence-electron chi connectivity index (χ4n) is 1.82. The van der Waals surface area contributed by atoms with Gasteiger partial charge in [0.1, 0.15) is 6.61 Å². The Labute approximate surface area is 107 Å². The Morgan fingerprint density at radius 1 is 1.24 bits per heavy atom. The van der Waals surface area contributed by atoms with Gasteiger partial charge in [0.25, 0.3) is 0 Å². The van der Waals surface area contributed by atoms with Gasteiger partial charge in [-0.3, -0.25) is 4.98 Å². The van der Waals surface area contributed by atoms with Crippen LogP contribution in [0.5, 0.6) is 0 Å². The lowest BCUT2D eigenvalue weighted by Crippen LogP contribution is -1.95. The number of cyclic esters (lactones) is 1. The molecule has 2 aromatic rings. The molecule has 2 heterocycles. The van der Waals surface area contributed by atoms with Crippen LogP contribution in [-0.2, 0) is 11.3 Å². The minimum absolute atomic E-state index is 0.285. The molecule has 4 heteroatoms. The Kier molecular flexibility index (Phi) is 2.44. The third-order valence-corrected chi connectivity index (χ3v) is 3.18. The number of carbonyl (C=O) groups excluding carboxylic acids is 1. The van der Waals surface area contributed by atoms with Gasteiger partial charge in [-0.15, -0.1) is 0 Å². The maximum Gasteiger partial charge on any atom is 0.340 e. The molecule has 0 amide bonds. The Hall–Kier alpha value is -1.68. The van der Waals surface area contributed by atoms with Gasteiger partial charge in [0.05, 0.1) is 11.3 Å². The number of hydrogen-bond donors (Lipinski definition) is 0. The van der Waals surface area contributed by atoms with Gasteiger partial charge >= 0.3 is 5.97 Å².